The molecule has 7 nitrogen and oxygen atoms in total. The highest BCUT2D eigenvalue weighted by Crippen LogP contribution is 2.41. The highest BCUT2D eigenvalue weighted by molar-refractivity contribution is 7.89. The molecule has 0 radical (unpaired) electrons. The van der Waals surface area contributed by atoms with Crippen LogP contribution >= 0.6 is 0 Å². The van der Waals surface area contributed by atoms with Gasteiger partial charge in [0.2, 0.25) is 10.0 Å². The fraction of sp³-hybridized carbons (Fsp3) is 0.542. The molecule has 172 valence electrons. The van der Waals surface area contributed by atoms with Crippen molar-refractivity contribution in [2.45, 2.75) is 30.7 Å². The number of piperidine rings is 1. The Labute approximate surface area is 191 Å². The second-order valence-electron chi connectivity index (χ2n) is 9.30. The van der Waals surface area contributed by atoms with Gasteiger partial charge in [0.25, 0.3) is 0 Å². The number of likely N-dealkylation sites (tertiary alicyclic amines) is 1. The van der Waals surface area contributed by atoms with Crippen LogP contribution in [0.2, 0.25) is 0 Å². The lowest BCUT2D eigenvalue weighted by atomic mass is 9.78. The molecule has 0 aliphatic carbocycles. The maximum absolute atomic E-state index is 13.2. The van der Waals surface area contributed by atoms with Crippen molar-refractivity contribution in [3.63, 3.8) is 0 Å². The van der Waals surface area contributed by atoms with Crippen molar-refractivity contribution in [3.05, 3.63) is 54.2 Å². The number of rotatable bonds is 5. The number of pyridine rings is 1. The summed E-state index contributed by atoms with van der Waals surface area (Å²) in [4.78, 5) is 9.39. The van der Waals surface area contributed by atoms with Gasteiger partial charge in [0, 0.05) is 45.5 Å². The van der Waals surface area contributed by atoms with Crippen LogP contribution in [0.4, 0.5) is 5.82 Å². The Morgan fingerprint density at radius 2 is 1.62 bits per heavy atom. The fourth-order valence-electron chi connectivity index (χ4n) is 5.27. The number of benzene rings is 1. The first-order valence-electron chi connectivity index (χ1n) is 11.6. The Hall–Kier alpha value is -2.00. The van der Waals surface area contributed by atoms with Crippen LogP contribution in [0, 0.1) is 5.41 Å². The van der Waals surface area contributed by atoms with E-state index in [9.17, 15) is 8.42 Å². The second kappa shape index (κ2) is 9.09. The summed E-state index contributed by atoms with van der Waals surface area (Å²) in [6, 6.07) is 14.1. The first-order chi connectivity index (χ1) is 15.5. The molecule has 0 atom stereocenters. The Morgan fingerprint density at radius 1 is 0.906 bits per heavy atom. The van der Waals surface area contributed by atoms with E-state index < -0.39 is 10.0 Å². The summed E-state index contributed by atoms with van der Waals surface area (Å²) in [6.45, 7) is 7.24. The molecule has 1 aromatic carbocycles. The van der Waals surface area contributed by atoms with Crippen LogP contribution in [0.5, 0.6) is 0 Å². The monoisotopic (exact) mass is 456 g/mol. The molecule has 5 rings (SSSR count). The molecule has 8 heteroatoms. The number of ether oxygens (including phenoxy) is 1. The number of morpholine rings is 1. The molecule has 3 fully saturated rings. The number of hydrogen-bond donors (Lipinski definition) is 0. The number of anilines is 1. The van der Waals surface area contributed by atoms with Crippen LogP contribution in [-0.2, 0) is 21.3 Å². The minimum absolute atomic E-state index is 0.249. The maximum Gasteiger partial charge on any atom is 0.244 e. The van der Waals surface area contributed by atoms with Crippen LogP contribution < -0.4 is 4.90 Å². The number of aromatic nitrogens is 1. The molecular weight excluding hydrogens is 424 g/mol. The zero-order valence-electron chi connectivity index (χ0n) is 18.5. The van der Waals surface area contributed by atoms with E-state index in [2.05, 4.69) is 45.1 Å². The molecule has 1 spiro atoms. The molecular formula is C24H32N4O3S. The maximum atomic E-state index is 13.2. The van der Waals surface area contributed by atoms with Gasteiger partial charge in [-0.1, -0.05) is 30.3 Å². The molecule has 3 aliphatic heterocycles. The van der Waals surface area contributed by atoms with Crippen molar-refractivity contribution in [2.75, 3.05) is 57.4 Å². The molecule has 32 heavy (non-hydrogen) atoms. The molecule has 2 aromatic rings. The van der Waals surface area contributed by atoms with Crippen LogP contribution in [-0.4, -0.2) is 75.1 Å². The van der Waals surface area contributed by atoms with Crippen molar-refractivity contribution < 1.29 is 13.2 Å². The van der Waals surface area contributed by atoms with Crippen LogP contribution in [0.25, 0.3) is 0 Å². The van der Waals surface area contributed by atoms with Crippen molar-refractivity contribution in [3.8, 4) is 0 Å². The van der Waals surface area contributed by atoms with E-state index in [1.54, 1.807) is 10.4 Å². The molecule has 0 saturated carbocycles. The highest BCUT2D eigenvalue weighted by Gasteiger charge is 2.42. The van der Waals surface area contributed by atoms with Gasteiger partial charge in [-0.15, -0.1) is 0 Å². The highest BCUT2D eigenvalue weighted by atomic mass is 32.2. The first-order valence-corrected chi connectivity index (χ1v) is 13.0. The normalized spacial score (nSPS) is 22.4. The van der Waals surface area contributed by atoms with Gasteiger partial charge < -0.3 is 9.64 Å². The van der Waals surface area contributed by atoms with Crippen molar-refractivity contribution in [1.82, 2.24) is 14.2 Å². The first kappa shape index (κ1) is 21.8. The second-order valence-corrected chi connectivity index (χ2v) is 11.2. The quantitative estimate of drug-likeness (QED) is 0.689. The largest absolute Gasteiger partial charge is 0.378 e. The zero-order valence-corrected chi connectivity index (χ0v) is 19.3. The third kappa shape index (κ3) is 4.55. The van der Waals surface area contributed by atoms with Crippen molar-refractivity contribution >= 4 is 15.8 Å². The van der Waals surface area contributed by atoms with Gasteiger partial charge in [-0.25, -0.2) is 13.4 Å². The van der Waals surface area contributed by atoms with Crippen LogP contribution in [0.3, 0.4) is 0 Å². The molecule has 1 aromatic heterocycles. The summed E-state index contributed by atoms with van der Waals surface area (Å²) in [6.07, 6.45) is 4.53. The molecule has 0 amide bonds. The third-order valence-electron chi connectivity index (χ3n) is 7.24. The smallest absolute Gasteiger partial charge is 0.244 e. The summed E-state index contributed by atoms with van der Waals surface area (Å²) in [7, 11) is -3.50. The summed E-state index contributed by atoms with van der Waals surface area (Å²) in [5, 5.41) is 0. The van der Waals surface area contributed by atoms with Crippen LogP contribution in [0.15, 0.2) is 53.6 Å². The van der Waals surface area contributed by atoms with E-state index in [4.69, 9.17) is 4.74 Å². The Balaban J connectivity index is 1.19. The summed E-state index contributed by atoms with van der Waals surface area (Å²) >= 11 is 0. The van der Waals surface area contributed by atoms with Gasteiger partial charge >= 0.3 is 0 Å². The summed E-state index contributed by atoms with van der Waals surface area (Å²) in [5.74, 6) is 0.814. The average Bonchev–Trinajstić information content (AvgIpc) is 3.22. The molecule has 0 unspecified atom stereocenters. The number of nitrogens with zero attached hydrogens (tertiary/aromatic N) is 4. The van der Waals surface area contributed by atoms with E-state index in [0.717, 1.165) is 57.8 Å². The predicted octanol–water partition coefficient (Wildman–Crippen LogP) is 2.60. The summed E-state index contributed by atoms with van der Waals surface area (Å²) < 4.78 is 33.5. The SMILES string of the molecule is O=S(=O)(c1ccc(N2CCOCC2)nc1)N1CCC2(CCN(Cc3ccccc3)C2)CC1. The van der Waals surface area contributed by atoms with E-state index in [1.807, 2.05) is 6.07 Å². The van der Waals surface area contributed by atoms with E-state index >= 15 is 0 Å². The molecule has 0 N–H and O–H groups in total. The van der Waals surface area contributed by atoms with Crippen LogP contribution in [0.1, 0.15) is 24.8 Å². The Kier molecular flexibility index (Phi) is 6.20. The minimum Gasteiger partial charge on any atom is -0.378 e. The Morgan fingerprint density at radius 3 is 2.31 bits per heavy atom. The average molecular weight is 457 g/mol. The van der Waals surface area contributed by atoms with E-state index in [1.165, 1.54) is 11.8 Å². The lowest BCUT2D eigenvalue weighted by Gasteiger charge is -2.38. The van der Waals surface area contributed by atoms with E-state index in [0.29, 0.717) is 31.2 Å². The van der Waals surface area contributed by atoms with Gasteiger partial charge in [-0.05, 0) is 48.9 Å². The molecule has 3 saturated heterocycles. The van der Waals surface area contributed by atoms with Crippen molar-refractivity contribution in [1.29, 1.82) is 0 Å². The standard InChI is InChI=1S/C24H32N4O3S/c29-32(30,22-6-7-23(25-18-22)27-14-16-31-17-15-27)28-12-9-24(10-13-28)8-11-26(20-24)19-21-4-2-1-3-5-21/h1-7,18H,8-17,19-20H2. The van der Waals surface area contributed by atoms with Gasteiger partial charge in [0.15, 0.2) is 0 Å². The zero-order chi connectivity index (χ0) is 22.0. The van der Waals surface area contributed by atoms with E-state index in [-0.39, 0.29) is 5.41 Å². The minimum atomic E-state index is -3.50. The third-order valence-corrected chi connectivity index (χ3v) is 9.13. The molecule has 4 heterocycles. The van der Waals surface area contributed by atoms with Gasteiger partial charge in [0.1, 0.15) is 10.7 Å². The van der Waals surface area contributed by atoms with Crippen molar-refractivity contribution in [2.24, 2.45) is 5.41 Å². The van der Waals surface area contributed by atoms with Gasteiger partial charge in [0.05, 0.1) is 13.2 Å². The summed E-state index contributed by atoms with van der Waals surface area (Å²) in [5.41, 5.74) is 1.59. The topological polar surface area (TPSA) is 66.0 Å². The Bertz CT molecular complexity index is 999. The predicted molar refractivity (Wildman–Crippen MR) is 124 cm³/mol. The number of sulfonamides is 1. The fourth-order valence-corrected chi connectivity index (χ4v) is 6.65. The molecule has 3 aliphatic rings. The van der Waals surface area contributed by atoms with Gasteiger partial charge in [-0.3, -0.25) is 4.90 Å². The lowest BCUT2D eigenvalue weighted by molar-refractivity contribution is 0.122. The number of hydrogen-bond acceptors (Lipinski definition) is 6. The lowest BCUT2D eigenvalue weighted by Crippen LogP contribution is -2.44. The molecule has 0 bridgehead atoms. The van der Waals surface area contributed by atoms with Gasteiger partial charge in [-0.2, -0.15) is 4.31 Å².